The van der Waals surface area contributed by atoms with Crippen LogP contribution in [0.4, 0.5) is 11.4 Å². The molecule has 0 spiro atoms. The van der Waals surface area contributed by atoms with E-state index < -0.39 is 0 Å². The molecule has 0 radical (unpaired) electrons. The number of methoxy groups -OCH3 is 1. The third-order valence-electron chi connectivity index (χ3n) is 6.62. The molecule has 1 amide bonds. The fraction of sp³-hybridized carbons (Fsp3) is 0.345. The first-order valence-corrected chi connectivity index (χ1v) is 12.5. The lowest BCUT2D eigenvalue weighted by Gasteiger charge is -2.38. The summed E-state index contributed by atoms with van der Waals surface area (Å²) in [5.74, 6) is 1.39. The summed E-state index contributed by atoms with van der Waals surface area (Å²) in [6, 6.07) is 19.5. The Balaban J connectivity index is 1.88. The maximum atomic E-state index is 13.6. The van der Waals surface area contributed by atoms with Gasteiger partial charge in [0, 0.05) is 30.5 Å². The van der Waals surface area contributed by atoms with E-state index in [-0.39, 0.29) is 24.5 Å². The predicted molar refractivity (Wildman–Crippen MR) is 143 cm³/mol. The van der Waals surface area contributed by atoms with Gasteiger partial charge >= 0.3 is 0 Å². The van der Waals surface area contributed by atoms with E-state index in [0.717, 1.165) is 40.9 Å². The molecular weight excluding hydrogens is 460 g/mol. The highest BCUT2D eigenvalue weighted by Gasteiger charge is 2.36. The number of amides is 1. The van der Waals surface area contributed by atoms with Gasteiger partial charge in [0.2, 0.25) is 5.91 Å². The molecule has 3 aromatic carbocycles. The molecule has 3 aromatic rings. The molecule has 0 aliphatic carbocycles. The van der Waals surface area contributed by atoms with Gasteiger partial charge in [-0.3, -0.25) is 4.79 Å². The molecule has 1 unspecified atom stereocenters. The smallest absolute Gasteiger partial charge is 0.232 e. The number of carbonyl (C=O) groups is 1. The number of carbonyl (C=O) groups excluding carboxylic acids is 1. The third-order valence-corrected chi connectivity index (χ3v) is 6.87. The molecule has 4 rings (SSSR count). The molecule has 0 N–H and O–H groups in total. The maximum absolute atomic E-state index is 13.6. The van der Waals surface area contributed by atoms with Crippen LogP contribution in [-0.2, 0) is 11.2 Å². The highest BCUT2D eigenvalue weighted by Crippen LogP contribution is 2.44. The minimum Gasteiger partial charge on any atom is -0.493 e. The number of rotatable bonds is 8. The van der Waals surface area contributed by atoms with Crippen LogP contribution >= 0.6 is 11.6 Å². The molecule has 184 valence electrons. The molecule has 0 saturated carbocycles. The second-order valence-corrected chi connectivity index (χ2v) is 9.50. The maximum Gasteiger partial charge on any atom is 0.232 e. The Morgan fingerprint density at radius 1 is 1.00 bits per heavy atom. The number of ether oxygens (including phenoxy) is 2. The lowest BCUT2D eigenvalue weighted by molar-refractivity contribution is -0.118. The van der Waals surface area contributed by atoms with Crippen molar-refractivity contribution in [1.82, 2.24) is 0 Å². The number of halogens is 1. The zero-order valence-electron chi connectivity index (χ0n) is 21.0. The number of hydrogen-bond donors (Lipinski definition) is 0. The lowest BCUT2D eigenvalue weighted by atomic mass is 9.86. The summed E-state index contributed by atoms with van der Waals surface area (Å²) in [5, 5.41) is 0.658. The molecule has 35 heavy (non-hydrogen) atoms. The molecule has 6 heteroatoms. The van der Waals surface area contributed by atoms with E-state index in [0.29, 0.717) is 16.5 Å². The minimum absolute atomic E-state index is 0.0331. The summed E-state index contributed by atoms with van der Waals surface area (Å²) in [4.78, 5) is 17.5. The number of fused-ring (bicyclic) bond motifs is 1. The number of anilines is 2. The number of nitrogens with zero attached hydrogens (tertiary/aromatic N) is 2. The van der Waals surface area contributed by atoms with Crippen molar-refractivity contribution in [3.05, 3.63) is 82.4 Å². The van der Waals surface area contributed by atoms with Crippen molar-refractivity contribution in [3.63, 3.8) is 0 Å². The van der Waals surface area contributed by atoms with E-state index in [1.807, 2.05) is 78.5 Å². The van der Waals surface area contributed by atoms with Gasteiger partial charge in [-0.1, -0.05) is 37.6 Å². The van der Waals surface area contributed by atoms with Gasteiger partial charge in [0.15, 0.2) is 11.5 Å². The predicted octanol–water partition coefficient (Wildman–Crippen LogP) is 6.66. The summed E-state index contributed by atoms with van der Waals surface area (Å²) in [6.45, 7) is 4.24. The van der Waals surface area contributed by atoms with Crippen LogP contribution in [-0.4, -0.2) is 33.2 Å². The average molecular weight is 493 g/mol. The van der Waals surface area contributed by atoms with Gasteiger partial charge in [-0.25, -0.2) is 0 Å². The van der Waals surface area contributed by atoms with Crippen LogP contribution in [0, 0.1) is 0 Å². The third kappa shape index (κ3) is 5.10. The Morgan fingerprint density at radius 2 is 1.66 bits per heavy atom. The number of hydrogen-bond acceptors (Lipinski definition) is 4. The molecular formula is C29H33ClN2O3. The molecule has 5 nitrogen and oxygen atoms in total. The summed E-state index contributed by atoms with van der Waals surface area (Å²) < 4.78 is 12.0. The van der Waals surface area contributed by atoms with Crippen LogP contribution in [0.1, 0.15) is 49.4 Å². The van der Waals surface area contributed by atoms with E-state index in [4.69, 9.17) is 21.1 Å². The van der Waals surface area contributed by atoms with E-state index in [2.05, 4.69) is 19.9 Å². The van der Waals surface area contributed by atoms with E-state index in [9.17, 15) is 4.79 Å². The largest absolute Gasteiger partial charge is 0.493 e. The van der Waals surface area contributed by atoms with Crippen molar-refractivity contribution in [2.75, 3.05) is 31.0 Å². The van der Waals surface area contributed by atoms with E-state index in [1.54, 1.807) is 7.11 Å². The Bertz CT molecular complexity index is 1170. The molecule has 0 aromatic heterocycles. The Kier molecular flexibility index (Phi) is 7.56. The second kappa shape index (κ2) is 10.6. The van der Waals surface area contributed by atoms with Gasteiger partial charge in [-0.15, -0.1) is 0 Å². The van der Waals surface area contributed by atoms with Gasteiger partial charge in [0.1, 0.15) is 0 Å². The Hall–Kier alpha value is -3.18. The first-order chi connectivity index (χ1) is 16.9. The van der Waals surface area contributed by atoms with Crippen LogP contribution in [0.25, 0.3) is 0 Å². The molecule has 1 heterocycles. The first kappa shape index (κ1) is 24.9. The van der Waals surface area contributed by atoms with Gasteiger partial charge < -0.3 is 19.3 Å². The van der Waals surface area contributed by atoms with Crippen molar-refractivity contribution in [3.8, 4) is 11.5 Å². The zero-order chi connectivity index (χ0) is 25.1. The quantitative estimate of drug-likeness (QED) is 0.352. The van der Waals surface area contributed by atoms with Crippen molar-refractivity contribution < 1.29 is 14.3 Å². The minimum atomic E-state index is -0.316. The highest BCUT2D eigenvalue weighted by molar-refractivity contribution is 6.30. The van der Waals surface area contributed by atoms with E-state index in [1.165, 1.54) is 0 Å². The molecule has 1 aliphatic heterocycles. The summed E-state index contributed by atoms with van der Waals surface area (Å²) in [7, 11) is 5.65. The Morgan fingerprint density at radius 3 is 2.23 bits per heavy atom. The zero-order valence-corrected chi connectivity index (χ0v) is 21.8. The molecule has 0 saturated heterocycles. The van der Waals surface area contributed by atoms with Crippen molar-refractivity contribution in [2.45, 2.75) is 45.3 Å². The topological polar surface area (TPSA) is 42.0 Å². The van der Waals surface area contributed by atoms with Crippen molar-refractivity contribution in [2.24, 2.45) is 0 Å². The SMILES string of the molecule is CCC(CC)Oc1cc2c(cc1OC)CC(=O)N(c1ccc(N(C)C)cc1)C2c1ccc(Cl)cc1. The summed E-state index contributed by atoms with van der Waals surface area (Å²) in [5.41, 5.74) is 4.89. The van der Waals surface area contributed by atoms with Crippen LogP contribution in [0.3, 0.4) is 0 Å². The van der Waals surface area contributed by atoms with Crippen LogP contribution in [0.15, 0.2) is 60.7 Å². The summed E-state index contributed by atoms with van der Waals surface area (Å²) >= 11 is 6.21. The fourth-order valence-corrected chi connectivity index (χ4v) is 4.75. The fourth-order valence-electron chi connectivity index (χ4n) is 4.62. The molecule has 1 aliphatic rings. The second-order valence-electron chi connectivity index (χ2n) is 9.06. The average Bonchev–Trinajstić information content (AvgIpc) is 2.86. The van der Waals surface area contributed by atoms with Crippen molar-refractivity contribution in [1.29, 1.82) is 0 Å². The van der Waals surface area contributed by atoms with Gasteiger partial charge in [0.05, 0.1) is 25.7 Å². The van der Waals surface area contributed by atoms with Crippen LogP contribution in [0.5, 0.6) is 11.5 Å². The lowest BCUT2D eigenvalue weighted by Crippen LogP contribution is -2.41. The first-order valence-electron chi connectivity index (χ1n) is 12.1. The van der Waals surface area contributed by atoms with Gasteiger partial charge in [0.25, 0.3) is 0 Å². The molecule has 0 bridgehead atoms. The highest BCUT2D eigenvalue weighted by atomic mass is 35.5. The summed E-state index contributed by atoms with van der Waals surface area (Å²) in [6.07, 6.45) is 2.19. The van der Waals surface area contributed by atoms with Gasteiger partial charge in [-0.2, -0.15) is 0 Å². The van der Waals surface area contributed by atoms with E-state index >= 15 is 0 Å². The van der Waals surface area contributed by atoms with Gasteiger partial charge in [-0.05, 0) is 78.1 Å². The monoisotopic (exact) mass is 492 g/mol. The Labute approximate surface area is 213 Å². The standard InChI is InChI=1S/C29H33ClN2O3/c1-6-24(7-2)35-27-18-25-20(16-26(27)34-5)17-28(33)32(23-14-12-22(13-15-23)31(3)4)29(25)19-8-10-21(30)11-9-19/h8-16,18,24,29H,6-7,17H2,1-5H3. The van der Waals surface area contributed by atoms with Crippen molar-refractivity contribution >= 4 is 28.9 Å². The molecule has 1 atom stereocenters. The molecule has 0 fully saturated rings. The normalized spacial score (nSPS) is 15.2. The number of benzene rings is 3. The van der Waals surface area contributed by atoms with Crippen LogP contribution in [0.2, 0.25) is 5.02 Å². The van der Waals surface area contributed by atoms with Crippen LogP contribution < -0.4 is 19.3 Å².